The van der Waals surface area contributed by atoms with Crippen LogP contribution < -0.4 is 5.32 Å². The van der Waals surface area contributed by atoms with Gasteiger partial charge >= 0.3 is 0 Å². The lowest BCUT2D eigenvalue weighted by molar-refractivity contribution is -0.131. The highest BCUT2D eigenvalue weighted by Crippen LogP contribution is 2.31. The molecule has 1 aromatic heterocycles. The number of likely N-dealkylation sites (tertiary alicyclic amines) is 1. The van der Waals surface area contributed by atoms with Crippen LogP contribution in [0.5, 0.6) is 0 Å². The van der Waals surface area contributed by atoms with Crippen molar-refractivity contribution in [3.63, 3.8) is 0 Å². The normalized spacial score (nSPS) is 22.2. The first-order chi connectivity index (χ1) is 8.04. The van der Waals surface area contributed by atoms with Gasteiger partial charge in [-0.15, -0.1) is 11.3 Å². The maximum Gasteiger partial charge on any atom is 0.240 e. The average Bonchev–Trinajstić information content (AvgIpc) is 2.81. The first-order valence-corrected chi connectivity index (χ1v) is 6.78. The van der Waals surface area contributed by atoms with Gasteiger partial charge in [0.15, 0.2) is 0 Å². The maximum absolute atomic E-state index is 12.1. The second-order valence-corrected chi connectivity index (χ2v) is 5.75. The van der Waals surface area contributed by atoms with E-state index in [1.165, 1.54) is 4.88 Å². The number of carbonyl (C=O) groups is 1. The van der Waals surface area contributed by atoms with Crippen LogP contribution in [0.25, 0.3) is 0 Å². The minimum absolute atomic E-state index is 0.00762. The van der Waals surface area contributed by atoms with Gasteiger partial charge in [0.2, 0.25) is 5.91 Å². The Morgan fingerprint density at radius 3 is 2.71 bits per heavy atom. The van der Waals surface area contributed by atoms with E-state index >= 15 is 0 Å². The van der Waals surface area contributed by atoms with Gasteiger partial charge in [0.05, 0.1) is 22.8 Å². The van der Waals surface area contributed by atoms with Crippen LogP contribution in [0.3, 0.4) is 0 Å². The molecule has 2 heterocycles. The third-order valence-electron chi connectivity index (χ3n) is 3.37. The van der Waals surface area contributed by atoms with Crippen LogP contribution in [-0.4, -0.2) is 35.4 Å². The van der Waals surface area contributed by atoms with E-state index in [1.807, 2.05) is 25.8 Å². The predicted octanol–water partition coefficient (Wildman–Crippen LogP) is 1.64. The van der Waals surface area contributed by atoms with E-state index in [1.54, 1.807) is 11.3 Å². The molecule has 4 nitrogen and oxygen atoms in total. The third-order valence-corrected chi connectivity index (χ3v) is 4.62. The fourth-order valence-electron chi connectivity index (χ4n) is 2.43. The van der Waals surface area contributed by atoms with Gasteiger partial charge in [-0.2, -0.15) is 0 Å². The van der Waals surface area contributed by atoms with Crippen molar-refractivity contribution in [1.29, 1.82) is 0 Å². The molecule has 1 saturated heterocycles. The summed E-state index contributed by atoms with van der Waals surface area (Å²) in [4.78, 5) is 19.7. The standard InChI is InChI=1S/C12H19N3OS/c1-7-11(17-9(3)14-7)8(2)15-6-5-10(13-4)12(15)16/h8,10,13H,5-6H2,1-4H3. The minimum Gasteiger partial charge on any atom is -0.334 e. The van der Waals surface area contributed by atoms with Crippen molar-refractivity contribution >= 4 is 17.2 Å². The topological polar surface area (TPSA) is 45.2 Å². The van der Waals surface area contributed by atoms with Crippen molar-refractivity contribution in [3.8, 4) is 0 Å². The van der Waals surface area contributed by atoms with Crippen molar-refractivity contribution in [2.75, 3.05) is 13.6 Å². The summed E-state index contributed by atoms with van der Waals surface area (Å²) < 4.78 is 0. The van der Waals surface area contributed by atoms with E-state index in [2.05, 4.69) is 17.2 Å². The second-order valence-electron chi connectivity index (χ2n) is 4.52. The molecule has 5 heteroatoms. The molecule has 0 aromatic carbocycles. The van der Waals surface area contributed by atoms with E-state index in [4.69, 9.17) is 0 Å². The largest absolute Gasteiger partial charge is 0.334 e. The fraction of sp³-hybridized carbons (Fsp3) is 0.667. The Hall–Kier alpha value is -0.940. The molecule has 2 atom stereocenters. The Balaban J connectivity index is 2.19. The van der Waals surface area contributed by atoms with Crippen LogP contribution >= 0.6 is 11.3 Å². The number of rotatable bonds is 3. The second kappa shape index (κ2) is 4.74. The Morgan fingerprint density at radius 2 is 2.24 bits per heavy atom. The average molecular weight is 253 g/mol. The number of carbonyl (C=O) groups excluding carboxylic acids is 1. The lowest BCUT2D eigenvalue weighted by Crippen LogP contribution is -2.37. The number of aryl methyl sites for hydroxylation is 2. The van der Waals surface area contributed by atoms with Crippen molar-refractivity contribution in [2.45, 2.75) is 39.3 Å². The van der Waals surface area contributed by atoms with Crippen LogP contribution in [0.4, 0.5) is 0 Å². The monoisotopic (exact) mass is 253 g/mol. The zero-order chi connectivity index (χ0) is 12.6. The summed E-state index contributed by atoms with van der Waals surface area (Å²) in [6.07, 6.45) is 0.899. The van der Waals surface area contributed by atoms with Crippen LogP contribution in [0.2, 0.25) is 0 Å². The summed E-state index contributed by atoms with van der Waals surface area (Å²) in [6, 6.07) is 0.138. The molecule has 1 aliphatic rings. The fourth-order valence-corrected chi connectivity index (χ4v) is 3.42. The maximum atomic E-state index is 12.1. The summed E-state index contributed by atoms with van der Waals surface area (Å²) in [6.45, 7) is 6.96. The van der Waals surface area contributed by atoms with Gasteiger partial charge in [-0.05, 0) is 34.2 Å². The number of hydrogen-bond acceptors (Lipinski definition) is 4. The Labute approximate surface area is 106 Å². The molecular weight excluding hydrogens is 234 g/mol. The molecule has 94 valence electrons. The van der Waals surface area contributed by atoms with Crippen LogP contribution in [0.1, 0.15) is 35.0 Å². The molecule has 0 bridgehead atoms. The minimum atomic E-state index is -0.00762. The van der Waals surface area contributed by atoms with E-state index in [-0.39, 0.29) is 18.0 Å². The summed E-state index contributed by atoms with van der Waals surface area (Å²) >= 11 is 1.69. The van der Waals surface area contributed by atoms with E-state index < -0.39 is 0 Å². The Kier molecular flexibility index (Phi) is 3.49. The summed E-state index contributed by atoms with van der Waals surface area (Å²) in [5.41, 5.74) is 1.06. The van der Waals surface area contributed by atoms with Gasteiger partial charge in [0, 0.05) is 11.4 Å². The third kappa shape index (κ3) is 2.21. The Bertz CT molecular complexity index is 429. The molecule has 2 unspecified atom stereocenters. The highest BCUT2D eigenvalue weighted by atomic mass is 32.1. The van der Waals surface area contributed by atoms with E-state index in [0.717, 1.165) is 23.7 Å². The molecule has 0 spiro atoms. The molecule has 0 saturated carbocycles. The SMILES string of the molecule is CNC1CCN(C(C)c2sc(C)nc2C)C1=O. The molecule has 1 aromatic rings. The highest BCUT2D eigenvalue weighted by Gasteiger charge is 2.34. The zero-order valence-corrected chi connectivity index (χ0v) is 11.6. The van der Waals surface area contributed by atoms with E-state index in [9.17, 15) is 4.79 Å². The van der Waals surface area contributed by atoms with Crippen molar-refractivity contribution in [3.05, 3.63) is 15.6 Å². The van der Waals surface area contributed by atoms with E-state index in [0.29, 0.717) is 0 Å². The number of nitrogens with one attached hydrogen (secondary N) is 1. The lowest BCUT2D eigenvalue weighted by Gasteiger charge is -2.24. The molecular formula is C12H19N3OS. The van der Waals surface area contributed by atoms with Crippen molar-refractivity contribution in [2.24, 2.45) is 0 Å². The first-order valence-electron chi connectivity index (χ1n) is 5.96. The molecule has 2 rings (SSSR count). The van der Waals surface area contributed by atoms with Gasteiger partial charge in [0.25, 0.3) is 0 Å². The van der Waals surface area contributed by atoms with Gasteiger partial charge in [-0.3, -0.25) is 4.79 Å². The number of hydrogen-bond donors (Lipinski definition) is 1. The lowest BCUT2D eigenvalue weighted by atomic mass is 10.2. The molecule has 0 aliphatic carbocycles. The smallest absolute Gasteiger partial charge is 0.240 e. The van der Waals surface area contributed by atoms with Gasteiger partial charge in [0.1, 0.15) is 0 Å². The van der Waals surface area contributed by atoms with Crippen molar-refractivity contribution < 1.29 is 4.79 Å². The zero-order valence-electron chi connectivity index (χ0n) is 10.8. The van der Waals surface area contributed by atoms with Crippen molar-refractivity contribution in [1.82, 2.24) is 15.2 Å². The molecule has 0 radical (unpaired) electrons. The van der Waals surface area contributed by atoms with Crippen LogP contribution in [0.15, 0.2) is 0 Å². The van der Waals surface area contributed by atoms with Gasteiger partial charge in [-0.1, -0.05) is 0 Å². The van der Waals surface area contributed by atoms with Crippen LogP contribution in [-0.2, 0) is 4.79 Å². The molecule has 1 N–H and O–H groups in total. The molecule has 1 aliphatic heterocycles. The van der Waals surface area contributed by atoms with Gasteiger partial charge in [-0.25, -0.2) is 4.98 Å². The molecule has 1 fully saturated rings. The molecule has 1 amide bonds. The number of amides is 1. The van der Waals surface area contributed by atoms with Gasteiger partial charge < -0.3 is 10.2 Å². The number of aromatic nitrogens is 1. The highest BCUT2D eigenvalue weighted by molar-refractivity contribution is 7.11. The number of nitrogens with zero attached hydrogens (tertiary/aromatic N) is 2. The quantitative estimate of drug-likeness (QED) is 0.890. The molecule has 17 heavy (non-hydrogen) atoms. The predicted molar refractivity (Wildman–Crippen MR) is 69.2 cm³/mol. The summed E-state index contributed by atoms with van der Waals surface area (Å²) in [5.74, 6) is 0.213. The number of thiazole rings is 1. The summed E-state index contributed by atoms with van der Waals surface area (Å²) in [5, 5.41) is 4.14. The number of likely N-dealkylation sites (N-methyl/N-ethyl adjacent to an activating group) is 1. The van der Waals surface area contributed by atoms with Crippen LogP contribution in [0, 0.1) is 13.8 Å². The summed E-state index contributed by atoms with van der Waals surface area (Å²) in [7, 11) is 1.85. The Morgan fingerprint density at radius 1 is 1.53 bits per heavy atom. The first kappa shape index (κ1) is 12.5.